The SMILES string of the molecule is Br.CC(C)Sc1sc(N)nc1-c1ccoc1P(=O)(O)O. The van der Waals surface area contributed by atoms with E-state index in [9.17, 15) is 14.4 Å². The first-order valence-corrected chi connectivity index (χ1v) is 8.67. The van der Waals surface area contributed by atoms with Crippen molar-refractivity contribution in [3.05, 3.63) is 12.3 Å². The zero-order chi connectivity index (χ0) is 14.2. The average molecular weight is 401 g/mol. The smallest absolute Gasteiger partial charge is 0.391 e. The van der Waals surface area contributed by atoms with Crippen LogP contribution in [-0.2, 0) is 4.57 Å². The molecule has 0 amide bonds. The highest BCUT2D eigenvalue weighted by molar-refractivity contribution is 8.93. The summed E-state index contributed by atoms with van der Waals surface area (Å²) in [4.78, 5) is 22.7. The van der Waals surface area contributed by atoms with E-state index in [0.29, 0.717) is 21.6 Å². The fraction of sp³-hybridized carbons (Fsp3) is 0.300. The number of anilines is 1. The van der Waals surface area contributed by atoms with Gasteiger partial charge in [0.1, 0.15) is 5.69 Å². The fourth-order valence-electron chi connectivity index (χ4n) is 1.49. The van der Waals surface area contributed by atoms with Crippen LogP contribution in [0, 0.1) is 0 Å². The number of nitrogens with two attached hydrogens (primary N) is 1. The summed E-state index contributed by atoms with van der Waals surface area (Å²) in [7, 11) is -4.47. The molecule has 112 valence electrons. The molecule has 0 aliphatic carbocycles. The van der Waals surface area contributed by atoms with Crippen LogP contribution in [0.3, 0.4) is 0 Å². The molecule has 2 rings (SSSR count). The van der Waals surface area contributed by atoms with E-state index in [1.165, 1.54) is 23.7 Å². The molecule has 0 fully saturated rings. The Bertz CT molecular complexity index is 637. The van der Waals surface area contributed by atoms with Gasteiger partial charge in [-0.15, -0.1) is 28.7 Å². The van der Waals surface area contributed by atoms with E-state index in [1.54, 1.807) is 11.8 Å². The minimum atomic E-state index is -4.47. The number of aromatic nitrogens is 1. The van der Waals surface area contributed by atoms with Gasteiger partial charge in [-0.05, 0) is 6.07 Å². The molecule has 0 atom stereocenters. The zero-order valence-corrected chi connectivity index (χ0v) is 14.9. The van der Waals surface area contributed by atoms with Crippen LogP contribution in [0.25, 0.3) is 11.3 Å². The first kappa shape index (κ1) is 17.7. The van der Waals surface area contributed by atoms with Crippen LogP contribution in [0.2, 0.25) is 0 Å². The second-order valence-corrected chi connectivity index (χ2v) is 8.41. The molecular formula is C10H14BrN2O4PS2. The third-order valence-electron chi connectivity index (χ3n) is 2.12. The van der Waals surface area contributed by atoms with Gasteiger partial charge < -0.3 is 19.9 Å². The molecule has 0 bridgehead atoms. The second kappa shape index (κ2) is 6.64. The highest BCUT2D eigenvalue weighted by atomic mass is 79.9. The summed E-state index contributed by atoms with van der Waals surface area (Å²) >= 11 is 2.84. The topological polar surface area (TPSA) is 110 Å². The van der Waals surface area contributed by atoms with Crippen molar-refractivity contribution in [1.29, 1.82) is 0 Å². The highest BCUT2D eigenvalue weighted by Crippen LogP contribution is 2.43. The first-order chi connectivity index (χ1) is 8.79. The molecule has 0 aliphatic heterocycles. The monoisotopic (exact) mass is 400 g/mol. The van der Waals surface area contributed by atoms with Crippen LogP contribution in [0.5, 0.6) is 0 Å². The molecule has 0 spiro atoms. The summed E-state index contributed by atoms with van der Waals surface area (Å²) in [6.07, 6.45) is 1.24. The molecule has 0 unspecified atom stereocenters. The molecular weight excluding hydrogens is 387 g/mol. The molecule has 0 saturated carbocycles. The lowest BCUT2D eigenvalue weighted by Crippen LogP contribution is -2.04. The van der Waals surface area contributed by atoms with Crippen molar-refractivity contribution < 1.29 is 18.8 Å². The van der Waals surface area contributed by atoms with Crippen molar-refractivity contribution in [1.82, 2.24) is 4.98 Å². The van der Waals surface area contributed by atoms with E-state index < -0.39 is 7.60 Å². The predicted molar refractivity (Wildman–Crippen MR) is 87.2 cm³/mol. The Labute approximate surface area is 134 Å². The van der Waals surface area contributed by atoms with Crippen LogP contribution in [0.4, 0.5) is 5.13 Å². The summed E-state index contributed by atoms with van der Waals surface area (Å²) in [5, 5.41) is 0.667. The lowest BCUT2D eigenvalue weighted by atomic mass is 10.3. The Hall–Kier alpha value is -0.310. The number of nitrogens with zero attached hydrogens (tertiary/aromatic N) is 1. The Morgan fingerprint density at radius 2 is 2.15 bits per heavy atom. The minimum Gasteiger partial charge on any atom is -0.456 e. The van der Waals surface area contributed by atoms with Crippen LogP contribution >= 0.6 is 47.7 Å². The number of halogens is 1. The normalized spacial score (nSPS) is 11.7. The van der Waals surface area contributed by atoms with Crippen LogP contribution in [0.15, 0.2) is 21.0 Å². The number of hydrogen-bond acceptors (Lipinski definition) is 6. The summed E-state index contributed by atoms with van der Waals surface area (Å²) in [5.74, 6) is 0. The summed E-state index contributed by atoms with van der Waals surface area (Å²) in [5.41, 5.74) is 6.08. The van der Waals surface area contributed by atoms with Crippen LogP contribution in [-0.4, -0.2) is 20.0 Å². The lowest BCUT2D eigenvalue weighted by molar-refractivity contribution is 0.377. The van der Waals surface area contributed by atoms with Crippen molar-refractivity contribution in [3.63, 3.8) is 0 Å². The number of rotatable bonds is 4. The van der Waals surface area contributed by atoms with E-state index in [-0.39, 0.29) is 22.5 Å². The van der Waals surface area contributed by atoms with Gasteiger partial charge in [-0.25, -0.2) is 4.98 Å². The maximum absolute atomic E-state index is 11.4. The standard InChI is InChI=1S/C10H13N2O4PS2.BrH/c1-5(2)18-9-7(12-10(11)19-9)6-3-4-16-8(6)17(13,14)15;/h3-5H,1-2H3,(H2,11,12)(H2,13,14,15);1H. The molecule has 10 heteroatoms. The molecule has 0 radical (unpaired) electrons. The van der Waals surface area contributed by atoms with Gasteiger partial charge in [0.05, 0.1) is 16.0 Å². The van der Waals surface area contributed by atoms with Gasteiger partial charge in [0.15, 0.2) is 5.13 Å². The molecule has 20 heavy (non-hydrogen) atoms. The van der Waals surface area contributed by atoms with Gasteiger partial charge in [-0.3, -0.25) is 4.57 Å². The first-order valence-electron chi connectivity index (χ1n) is 5.36. The molecule has 0 saturated heterocycles. The maximum atomic E-state index is 11.4. The largest absolute Gasteiger partial charge is 0.456 e. The van der Waals surface area contributed by atoms with Gasteiger partial charge in [-0.1, -0.05) is 25.2 Å². The van der Waals surface area contributed by atoms with Crippen molar-refractivity contribution in [2.24, 2.45) is 0 Å². The zero-order valence-electron chi connectivity index (χ0n) is 10.6. The summed E-state index contributed by atoms with van der Waals surface area (Å²) < 4.78 is 17.1. The molecule has 0 aromatic carbocycles. The Kier molecular flexibility index (Phi) is 5.89. The lowest BCUT2D eigenvalue weighted by Gasteiger charge is -2.05. The number of hydrogen-bond donors (Lipinski definition) is 3. The second-order valence-electron chi connectivity index (χ2n) is 4.04. The molecule has 2 aromatic rings. The third kappa shape index (κ3) is 3.87. The molecule has 2 aromatic heterocycles. The summed E-state index contributed by atoms with van der Waals surface area (Å²) in [6.45, 7) is 4.03. The van der Waals surface area contributed by atoms with E-state index in [0.717, 1.165) is 4.21 Å². The number of nitrogen functional groups attached to an aromatic ring is 1. The molecule has 0 aliphatic rings. The Balaban J connectivity index is 0.00000200. The van der Waals surface area contributed by atoms with Gasteiger partial charge in [0.25, 0.3) is 0 Å². The van der Waals surface area contributed by atoms with Crippen molar-refractivity contribution in [2.75, 3.05) is 5.73 Å². The summed E-state index contributed by atoms with van der Waals surface area (Å²) in [6, 6.07) is 1.49. The Morgan fingerprint density at radius 3 is 2.70 bits per heavy atom. The minimum absolute atomic E-state index is 0. The van der Waals surface area contributed by atoms with Crippen molar-refractivity contribution in [2.45, 2.75) is 23.3 Å². The van der Waals surface area contributed by atoms with Crippen LogP contribution < -0.4 is 11.2 Å². The quantitative estimate of drug-likeness (QED) is 0.534. The van der Waals surface area contributed by atoms with E-state index in [2.05, 4.69) is 4.98 Å². The van der Waals surface area contributed by atoms with E-state index in [4.69, 9.17) is 10.2 Å². The highest BCUT2D eigenvalue weighted by Gasteiger charge is 2.29. The maximum Gasteiger partial charge on any atom is 0.391 e. The predicted octanol–water partition coefficient (Wildman–Crippen LogP) is 2.87. The Morgan fingerprint density at radius 1 is 1.50 bits per heavy atom. The molecule has 4 N–H and O–H groups in total. The number of furan rings is 1. The average Bonchev–Trinajstić information content (AvgIpc) is 2.82. The van der Waals surface area contributed by atoms with Crippen molar-refractivity contribution >= 4 is 58.3 Å². The van der Waals surface area contributed by atoms with E-state index in [1.807, 2.05) is 13.8 Å². The third-order valence-corrected chi connectivity index (χ3v) is 5.09. The molecule has 2 heterocycles. The van der Waals surface area contributed by atoms with Gasteiger partial charge in [0.2, 0.25) is 5.50 Å². The van der Waals surface area contributed by atoms with Crippen molar-refractivity contribution in [3.8, 4) is 11.3 Å². The van der Waals surface area contributed by atoms with Gasteiger partial charge in [0, 0.05) is 5.25 Å². The van der Waals surface area contributed by atoms with Crippen LogP contribution in [0.1, 0.15) is 13.8 Å². The molecule has 6 nitrogen and oxygen atoms in total. The van der Waals surface area contributed by atoms with Gasteiger partial charge in [-0.2, -0.15) is 0 Å². The number of thiazole rings is 1. The van der Waals surface area contributed by atoms with Gasteiger partial charge >= 0.3 is 7.60 Å². The fourth-order valence-corrected chi connectivity index (χ4v) is 4.49. The van der Waals surface area contributed by atoms with E-state index >= 15 is 0 Å². The number of thioether (sulfide) groups is 1.